The van der Waals surface area contributed by atoms with Gasteiger partial charge in [-0.1, -0.05) is 29.3 Å². The van der Waals surface area contributed by atoms with Crippen LogP contribution in [0.4, 0.5) is 5.69 Å². The first-order valence-corrected chi connectivity index (χ1v) is 7.24. The Hall–Kier alpha value is -0.540. The Kier molecular flexibility index (Phi) is 4.46. The van der Waals surface area contributed by atoms with Crippen LogP contribution in [0.25, 0.3) is 0 Å². The van der Waals surface area contributed by atoms with Gasteiger partial charge in [-0.2, -0.15) is 0 Å². The van der Waals surface area contributed by atoms with Crippen LogP contribution < -0.4 is 5.73 Å². The number of piperidine rings is 1. The lowest BCUT2D eigenvalue weighted by Gasteiger charge is -2.32. The molecule has 94 valence electrons. The number of rotatable bonds is 3. The second-order valence-electron chi connectivity index (χ2n) is 5.04. The number of nitrogens with zero attached hydrogens (tertiary/aromatic N) is 1. The van der Waals surface area contributed by atoms with E-state index in [0.717, 1.165) is 22.6 Å². The van der Waals surface area contributed by atoms with Crippen LogP contribution in [0.15, 0.2) is 22.7 Å². The quantitative estimate of drug-likeness (QED) is 0.863. The van der Waals surface area contributed by atoms with Gasteiger partial charge in [-0.15, -0.1) is 0 Å². The van der Waals surface area contributed by atoms with E-state index in [0.29, 0.717) is 0 Å². The first-order valence-electron chi connectivity index (χ1n) is 6.44. The zero-order chi connectivity index (χ0) is 12.3. The molecule has 1 aliphatic heterocycles. The summed E-state index contributed by atoms with van der Waals surface area (Å²) in [7, 11) is 0. The fourth-order valence-electron chi connectivity index (χ4n) is 2.65. The summed E-state index contributed by atoms with van der Waals surface area (Å²) in [6.07, 6.45) is 4.03. The van der Waals surface area contributed by atoms with E-state index in [2.05, 4.69) is 39.9 Å². The lowest BCUT2D eigenvalue weighted by Crippen LogP contribution is -2.34. The summed E-state index contributed by atoms with van der Waals surface area (Å²) in [6.45, 7) is 5.79. The highest BCUT2D eigenvalue weighted by Crippen LogP contribution is 2.23. The molecule has 1 unspecified atom stereocenters. The third-order valence-corrected chi connectivity index (χ3v) is 4.02. The number of nitrogens with two attached hydrogens (primary N) is 1. The molecular weight excluding hydrogens is 276 g/mol. The second kappa shape index (κ2) is 5.87. The number of likely N-dealkylation sites (tertiary alicyclic amines) is 1. The van der Waals surface area contributed by atoms with Crippen LogP contribution in [0.1, 0.15) is 31.7 Å². The van der Waals surface area contributed by atoms with Gasteiger partial charge in [0.05, 0.1) is 0 Å². The maximum Gasteiger partial charge on any atom is 0.0328 e. The fourth-order valence-corrected chi connectivity index (χ4v) is 3.21. The molecule has 2 N–H and O–H groups in total. The molecule has 1 heterocycles. The molecule has 1 atom stereocenters. The molecule has 0 spiro atoms. The number of halogens is 1. The van der Waals surface area contributed by atoms with Gasteiger partial charge in [0.25, 0.3) is 0 Å². The monoisotopic (exact) mass is 296 g/mol. The summed E-state index contributed by atoms with van der Waals surface area (Å²) in [6, 6.07) is 6.21. The largest absolute Gasteiger partial charge is 0.399 e. The van der Waals surface area contributed by atoms with Crippen molar-refractivity contribution >= 4 is 21.6 Å². The molecule has 1 aliphatic rings. The van der Waals surface area contributed by atoms with Gasteiger partial charge < -0.3 is 5.73 Å². The van der Waals surface area contributed by atoms with Crippen molar-refractivity contribution in [1.29, 1.82) is 0 Å². The molecule has 1 aromatic carbocycles. The predicted octanol–water partition coefficient (Wildman–Crippen LogP) is 3.65. The standard InChI is InChI=1S/C14H21BrN2/c1-2-11-4-3-5-17(9-11)10-12-6-13(15)8-14(16)7-12/h6-8,11H,2-5,9-10,16H2,1H3. The topological polar surface area (TPSA) is 29.3 Å². The van der Waals surface area contributed by atoms with E-state index in [1.165, 1.54) is 37.9 Å². The van der Waals surface area contributed by atoms with Crippen molar-refractivity contribution in [1.82, 2.24) is 4.90 Å². The summed E-state index contributed by atoms with van der Waals surface area (Å²) in [5.74, 6) is 0.883. The second-order valence-corrected chi connectivity index (χ2v) is 5.96. The average molecular weight is 297 g/mol. The predicted molar refractivity (Wildman–Crippen MR) is 76.8 cm³/mol. The summed E-state index contributed by atoms with van der Waals surface area (Å²) in [5, 5.41) is 0. The van der Waals surface area contributed by atoms with Gasteiger partial charge in [0.15, 0.2) is 0 Å². The van der Waals surface area contributed by atoms with Crippen molar-refractivity contribution < 1.29 is 0 Å². The fraction of sp³-hybridized carbons (Fsp3) is 0.571. The van der Waals surface area contributed by atoms with Gasteiger partial charge in [-0.05, 0) is 49.1 Å². The number of hydrogen-bond donors (Lipinski definition) is 1. The third kappa shape index (κ3) is 3.71. The highest BCUT2D eigenvalue weighted by Gasteiger charge is 2.18. The van der Waals surface area contributed by atoms with Crippen LogP contribution in [0.2, 0.25) is 0 Å². The van der Waals surface area contributed by atoms with Crippen molar-refractivity contribution in [2.75, 3.05) is 18.8 Å². The first kappa shape index (κ1) is 12.9. The highest BCUT2D eigenvalue weighted by atomic mass is 79.9. The van der Waals surface area contributed by atoms with Gasteiger partial charge in [0.2, 0.25) is 0 Å². The molecular formula is C14H21BrN2. The summed E-state index contributed by atoms with van der Waals surface area (Å²) in [5.41, 5.74) is 8.03. The van der Waals surface area contributed by atoms with E-state index in [1.807, 2.05) is 6.07 Å². The van der Waals surface area contributed by atoms with Gasteiger partial charge in [0.1, 0.15) is 0 Å². The first-order chi connectivity index (χ1) is 8.17. The third-order valence-electron chi connectivity index (χ3n) is 3.57. The molecule has 0 radical (unpaired) electrons. The lowest BCUT2D eigenvalue weighted by molar-refractivity contribution is 0.165. The van der Waals surface area contributed by atoms with Crippen molar-refractivity contribution in [3.05, 3.63) is 28.2 Å². The zero-order valence-corrected chi connectivity index (χ0v) is 12.0. The normalized spacial score (nSPS) is 21.6. The Morgan fingerprint density at radius 3 is 2.94 bits per heavy atom. The summed E-state index contributed by atoms with van der Waals surface area (Å²) < 4.78 is 1.08. The van der Waals surface area contributed by atoms with Gasteiger partial charge in [-0.3, -0.25) is 4.90 Å². The molecule has 1 fully saturated rings. The van der Waals surface area contributed by atoms with Gasteiger partial charge in [-0.25, -0.2) is 0 Å². The number of benzene rings is 1. The SMILES string of the molecule is CCC1CCCN(Cc2cc(N)cc(Br)c2)C1. The van der Waals surface area contributed by atoms with E-state index in [9.17, 15) is 0 Å². The molecule has 0 aliphatic carbocycles. The molecule has 17 heavy (non-hydrogen) atoms. The molecule has 0 aromatic heterocycles. The van der Waals surface area contributed by atoms with Crippen LogP contribution in [0, 0.1) is 5.92 Å². The minimum absolute atomic E-state index is 0.846. The van der Waals surface area contributed by atoms with E-state index in [4.69, 9.17) is 5.73 Å². The van der Waals surface area contributed by atoms with Crippen LogP contribution in [0.5, 0.6) is 0 Å². The van der Waals surface area contributed by atoms with E-state index in [1.54, 1.807) is 0 Å². The minimum atomic E-state index is 0.846. The van der Waals surface area contributed by atoms with Crippen LogP contribution in [0.3, 0.4) is 0 Å². The van der Waals surface area contributed by atoms with Crippen molar-refractivity contribution in [3.63, 3.8) is 0 Å². The summed E-state index contributed by atoms with van der Waals surface area (Å²) >= 11 is 3.50. The smallest absolute Gasteiger partial charge is 0.0328 e. The van der Waals surface area contributed by atoms with E-state index < -0.39 is 0 Å². The van der Waals surface area contributed by atoms with Crippen molar-refractivity contribution in [2.24, 2.45) is 5.92 Å². The van der Waals surface area contributed by atoms with Crippen LogP contribution >= 0.6 is 15.9 Å². The minimum Gasteiger partial charge on any atom is -0.399 e. The number of nitrogen functional groups attached to an aromatic ring is 1. The van der Waals surface area contributed by atoms with E-state index >= 15 is 0 Å². The molecule has 0 saturated carbocycles. The maximum atomic E-state index is 5.87. The van der Waals surface area contributed by atoms with Crippen molar-refractivity contribution in [3.8, 4) is 0 Å². The number of hydrogen-bond acceptors (Lipinski definition) is 2. The molecule has 3 heteroatoms. The van der Waals surface area contributed by atoms with Gasteiger partial charge in [0, 0.05) is 23.2 Å². The Morgan fingerprint density at radius 1 is 1.41 bits per heavy atom. The lowest BCUT2D eigenvalue weighted by atomic mass is 9.95. The molecule has 1 saturated heterocycles. The Balaban J connectivity index is 2.00. The molecule has 0 amide bonds. The maximum absolute atomic E-state index is 5.87. The molecule has 0 bridgehead atoms. The molecule has 2 nitrogen and oxygen atoms in total. The molecule has 2 rings (SSSR count). The van der Waals surface area contributed by atoms with Crippen molar-refractivity contribution in [2.45, 2.75) is 32.7 Å². The van der Waals surface area contributed by atoms with Crippen LogP contribution in [-0.2, 0) is 6.54 Å². The molecule has 1 aromatic rings. The van der Waals surface area contributed by atoms with Gasteiger partial charge >= 0.3 is 0 Å². The van der Waals surface area contributed by atoms with Crippen LogP contribution in [-0.4, -0.2) is 18.0 Å². The number of anilines is 1. The van der Waals surface area contributed by atoms with E-state index in [-0.39, 0.29) is 0 Å². The average Bonchev–Trinajstić information content (AvgIpc) is 2.28. The summed E-state index contributed by atoms with van der Waals surface area (Å²) in [4.78, 5) is 2.55. The Morgan fingerprint density at radius 2 is 2.24 bits per heavy atom. The Bertz CT molecular complexity index is 358. The Labute approximate surface area is 112 Å². The highest BCUT2D eigenvalue weighted by molar-refractivity contribution is 9.10. The zero-order valence-electron chi connectivity index (χ0n) is 10.5.